The van der Waals surface area contributed by atoms with Crippen LogP contribution < -0.4 is 10.0 Å². The fraction of sp³-hybridized carbons (Fsp3) is 0.733. The molecule has 0 saturated heterocycles. The van der Waals surface area contributed by atoms with E-state index in [9.17, 15) is 8.42 Å². The van der Waals surface area contributed by atoms with Crippen molar-refractivity contribution in [3.05, 3.63) is 17.6 Å². The van der Waals surface area contributed by atoms with Gasteiger partial charge in [-0.3, -0.25) is 0 Å². The van der Waals surface area contributed by atoms with Crippen LogP contribution in [0.4, 0.5) is 0 Å². The first-order valence-corrected chi connectivity index (χ1v) is 9.21. The van der Waals surface area contributed by atoms with Crippen molar-refractivity contribution in [3.63, 3.8) is 0 Å². The molecule has 0 radical (unpaired) electrons. The second-order valence-corrected chi connectivity index (χ2v) is 7.16. The number of hydrogen-bond donors (Lipinski definition) is 2. The van der Waals surface area contributed by atoms with Gasteiger partial charge in [0, 0.05) is 12.1 Å². The Balaban J connectivity index is 2.74. The van der Waals surface area contributed by atoms with Crippen LogP contribution in [0.2, 0.25) is 0 Å². The molecule has 1 heterocycles. The summed E-state index contributed by atoms with van der Waals surface area (Å²) in [4.78, 5) is 0.249. The van der Waals surface area contributed by atoms with Crippen molar-refractivity contribution in [1.82, 2.24) is 10.0 Å². The van der Waals surface area contributed by atoms with Crippen molar-refractivity contribution < 1.29 is 12.8 Å². The molecule has 1 unspecified atom stereocenters. The van der Waals surface area contributed by atoms with E-state index in [1.165, 1.54) is 0 Å². The Hall–Kier alpha value is -0.850. The Morgan fingerprint density at radius 3 is 2.62 bits per heavy atom. The molecule has 0 aliphatic heterocycles. The molecule has 0 saturated carbocycles. The van der Waals surface area contributed by atoms with E-state index in [-0.39, 0.29) is 10.9 Å². The van der Waals surface area contributed by atoms with E-state index < -0.39 is 10.0 Å². The van der Waals surface area contributed by atoms with Crippen LogP contribution in [0.1, 0.15) is 58.0 Å². The Kier molecular flexibility index (Phi) is 7.42. The van der Waals surface area contributed by atoms with Gasteiger partial charge in [-0.05, 0) is 33.2 Å². The van der Waals surface area contributed by atoms with E-state index in [2.05, 4.69) is 23.9 Å². The standard InChI is InChI=1S/C15H28N2O3S/c1-5-7-8-12(3)17-21(18,19)15-10-14(20-13(15)4)11-16-9-6-2/h10,12,16-17H,5-9,11H2,1-4H3. The lowest BCUT2D eigenvalue weighted by Gasteiger charge is -2.13. The van der Waals surface area contributed by atoms with E-state index in [4.69, 9.17) is 4.42 Å². The maximum absolute atomic E-state index is 12.4. The first kappa shape index (κ1) is 18.2. The number of rotatable bonds is 10. The van der Waals surface area contributed by atoms with Crippen molar-refractivity contribution in [3.8, 4) is 0 Å². The van der Waals surface area contributed by atoms with E-state index in [1.807, 2.05) is 6.92 Å². The predicted molar refractivity (Wildman–Crippen MR) is 84.8 cm³/mol. The van der Waals surface area contributed by atoms with E-state index in [0.29, 0.717) is 18.1 Å². The highest BCUT2D eigenvalue weighted by Crippen LogP contribution is 2.20. The molecule has 1 aromatic rings. The van der Waals surface area contributed by atoms with Crippen LogP contribution in [0.25, 0.3) is 0 Å². The van der Waals surface area contributed by atoms with Gasteiger partial charge in [-0.15, -0.1) is 0 Å². The molecule has 1 aromatic heterocycles. The third kappa shape index (κ3) is 5.80. The molecule has 2 N–H and O–H groups in total. The first-order valence-electron chi connectivity index (χ1n) is 7.73. The van der Waals surface area contributed by atoms with Crippen LogP contribution in [-0.4, -0.2) is 21.0 Å². The SMILES string of the molecule is CCCCC(C)NS(=O)(=O)c1cc(CNCCC)oc1C. The zero-order valence-corrected chi connectivity index (χ0v) is 14.3. The molecule has 0 fully saturated rings. The lowest BCUT2D eigenvalue weighted by atomic mass is 10.2. The topological polar surface area (TPSA) is 71.3 Å². The summed E-state index contributed by atoms with van der Waals surface area (Å²) in [6.07, 6.45) is 3.95. The molecule has 1 atom stereocenters. The van der Waals surface area contributed by atoms with Gasteiger partial charge in [0.05, 0.1) is 6.54 Å². The van der Waals surface area contributed by atoms with Gasteiger partial charge in [0.25, 0.3) is 0 Å². The molecule has 0 spiro atoms. The summed E-state index contributed by atoms with van der Waals surface area (Å²) in [7, 11) is -3.50. The van der Waals surface area contributed by atoms with Gasteiger partial charge in [0.1, 0.15) is 16.4 Å². The fourth-order valence-corrected chi connectivity index (χ4v) is 3.65. The maximum Gasteiger partial charge on any atom is 0.244 e. The highest BCUT2D eigenvalue weighted by Gasteiger charge is 2.23. The normalized spacial score (nSPS) is 13.5. The minimum atomic E-state index is -3.50. The minimum absolute atomic E-state index is 0.0640. The molecule has 0 aliphatic carbocycles. The Bertz CT molecular complexity index is 523. The van der Waals surface area contributed by atoms with Gasteiger partial charge in [-0.25, -0.2) is 13.1 Å². The average Bonchev–Trinajstić information content (AvgIpc) is 2.78. The summed E-state index contributed by atoms with van der Waals surface area (Å²) < 4.78 is 33.0. The third-order valence-corrected chi connectivity index (χ3v) is 4.98. The van der Waals surface area contributed by atoms with E-state index in [0.717, 1.165) is 32.2 Å². The highest BCUT2D eigenvalue weighted by molar-refractivity contribution is 7.89. The zero-order valence-electron chi connectivity index (χ0n) is 13.5. The quantitative estimate of drug-likeness (QED) is 0.651. The fourth-order valence-electron chi connectivity index (χ4n) is 2.16. The number of aryl methyl sites for hydroxylation is 1. The molecular weight excluding hydrogens is 288 g/mol. The zero-order chi connectivity index (χ0) is 15.9. The van der Waals surface area contributed by atoms with Gasteiger partial charge in [0.15, 0.2) is 0 Å². The summed E-state index contributed by atoms with van der Waals surface area (Å²) in [6.45, 7) is 9.19. The third-order valence-electron chi connectivity index (χ3n) is 3.29. The largest absolute Gasteiger partial charge is 0.464 e. The van der Waals surface area contributed by atoms with Gasteiger partial charge in [-0.1, -0.05) is 26.7 Å². The molecule has 6 heteroatoms. The monoisotopic (exact) mass is 316 g/mol. The van der Waals surface area contributed by atoms with Crippen LogP contribution in [0.15, 0.2) is 15.4 Å². The van der Waals surface area contributed by atoms with E-state index in [1.54, 1.807) is 13.0 Å². The van der Waals surface area contributed by atoms with Gasteiger partial charge in [0.2, 0.25) is 10.0 Å². The smallest absolute Gasteiger partial charge is 0.244 e. The van der Waals surface area contributed by atoms with Gasteiger partial charge in [-0.2, -0.15) is 0 Å². The molecule has 1 rings (SSSR count). The Labute approximate surface area is 128 Å². The number of furan rings is 1. The van der Waals surface area contributed by atoms with Crippen molar-refractivity contribution in [2.24, 2.45) is 0 Å². The summed E-state index contributed by atoms with van der Waals surface area (Å²) in [5, 5.41) is 3.20. The minimum Gasteiger partial charge on any atom is -0.464 e. The van der Waals surface area contributed by atoms with Crippen molar-refractivity contribution in [2.45, 2.75) is 70.9 Å². The Morgan fingerprint density at radius 2 is 2.00 bits per heavy atom. The van der Waals surface area contributed by atoms with Gasteiger partial charge >= 0.3 is 0 Å². The number of sulfonamides is 1. The number of nitrogens with one attached hydrogen (secondary N) is 2. The van der Waals surface area contributed by atoms with E-state index >= 15 is 0 Å². The number of unbranched alkanes of at least 4 members (excludes halogenated alkanes) is 1. The molecule has 0 aliphatic rings. The summed E-state index contributed by atoms with van der Waals surface area (Å²) in [5.41, 5.74) is 0. The van der Waals surface area contributed by atoms with Crippen LogP contribution in [0.3, 0.4) is 0 Å². The van der Waals surface area contributed by atoms with Crippen molar-refractivity contribution >= 4 is 10.0 Å². The Morgan fingerprint density at radius 1 is 1.29 bits per heavy atom. The van der Waals surface area contributed by atoms with Crippen LogP contribution in [-0.2, 0) is 16.6 Å². The lowest BCUT2D eigenvalue weighted by Crippen LogP contribution is -2.32. The summed E-state index contributed by atoms with van der Waals surface area (Å²) >= 11 is 0. The molecule has 0 bridgehead atoms. The molecule has 0 amide bonds. The lowest BCUT2D eigenvalue weighted by molar-refractivity contribution is 0.456. The second-order valence-electron chi connectivity index (χ2n) is 5.47. The molecular formula is C15H28N2O3S. The van der Waals surface area contributed by atoms with Crippen LogP contribution in [0, 0.1) is 6.92 Å². The van der Waals surface area contributed by atoms with Crippen LogP contribution >= 0.6 is 0 Å². The van der Waals surface area contributed by atoms with Gasteiger partial charge < -0.3 is 9.73 Å². The maximum atomic E-state index is 12.4. The van der Waals surface area contributed by atoms with Crippen LogP contribution in [0.5, 0.6) is 0 Å². The molecule has 5 nitrogen and oxygen atoms in total. The molecule has 21 heavy (non-hydrogen) atoms. The average molecular weight is 316 g/mol. The predicted octanol–water partition coefficient (Wildman–Crippen LogP) is 2.94. The molecule has 0 aromatic carbocycles. The molecule has 122 valence electrons. The highest BCUT2D eigenvalue weighted by atomic mass is 32.2. The number of hydrogen-bond acceptors (Lipinski definition) is 4. The second kappa shape index (κ2) is 8.56. The van der Waals surface area contributed by atoms with Crippen molar-refractivity contribution in [1.29, 1.82) is 0 Å². The summed E-state index contributed by atoms with van der Waals surface area (Å²) in [5.74, 6) is 1.10. The van der Waals surface area contributed by atoms with Crippen molar-refractivity contribution in [2.75, 3.05) is 6.54 Å². The first-order chi connectivity index (χ1) is 9.90. The summed E-state index contributed by atoms with van der Waals surface area (Å²) in [6, 6.07) is 1.55.